The predicted octanol–water partition coefficient (Wildman–Crippen LogP) is 6.01. The Kier molecular flexibility index (Phi) is 9.14. The van der Waals surface area contributed by atoms with Gasteiger partial charge in [0.05, 0.1) is 5.69 Å². The third-order valence-electron chi connectivity index (χ3n) is 8.70. The van der Waals surface area contributed by atoms with E-state index < -0.39 is 18.4 Å². The molecule has 0 amide bonds. The zero-order valence-electron chi connectivity index (χ0n) is 23.7. The zero-order chi connectivity index (χ0) is 29.1. The van der Waals surface area contributed by atoms with Crippen molar-refractivity contribution in [1.29, 1.82) is 0 Å². The number of halogens is 3. The van der Waals surface area contributed by atoms with E-state index in [9.17, 15) is 23.1 Å². The van der Waals surface area contributed by atoms with Crippen molar-refractivity contribution in [3.05, 3.63) is 89.3 Å². The standard InChI is InChI=1S/C32H39F3N4O2/c1-21(2)29(32(40)41)38-18-24(28(20-38)23-9-6-10-25(33)16-23)17-37-13-11-27(12-14-37)39-19-26(36-31(39)30(34)35)15-22-7-4-3-5-8-22/h3-10,16,19,21,24,27-30H,11-15,17-18,20H2,1-2H3,(H,40,41). The molecule has 1 N–H and O–H groups in total. The van der Waals surface area contributed by atoms with Gasteiger partial charge in [-0.2, -0.15) is 0 Å². The molecule has 0 bridgehead atoms. The number of piperidine rings is 1. The first-order chi connectivity index (χ1) is 19.7. The van der Waals surface area contributed by atoms with Gasteiger partial charge in [-0.15, -0.1) is 0 Å². The topological polar surface area (TPSA) is 61.6 Å². The summed E-state index contributed by atoms with van der Waals surface area (Å²) in [5.41, 5.74) is 2.58. The van der Waals surface area contributed by atoms with Crippen LogP contribution in [-0.4, -0.2) is 69.2 Å². The number of hydrogen-bond acceptors (Lipinski definition) is 4. The minimum atomic E-state index is -2.64. The van der Waals surface area contributed by atoms with Crippen molar-refractivity contribution in [2.75, 3.05) is 32.7 Å². The van der Waals surface area contributed by atoms with Gasteiger partial charge in [0.1, 0.15) is 11.9 Å². The van der Waals surface area contributed by atoms with Crippen molar-refractivity contribution in [3.8, 4) is 0 Å². The fourth-order valence-electron chi connectivity index (χ4n) is 6.81. The SMILES string of the molecule is CC(C)C(C(=O)O)N1CC(CN2CCC(n3cc(Cc4ccccc4)nc3C(F)F)CC2)C(c2cccc(F)c2)C1. The van der Waals surface area contributed by atoms with Crippen molar-refractivity contribution in [3.63, 3.8) is 0 Å². The summed E-state index contributed by atoms with van der Waals surface area (Å²) >= 11 is 0. The normalized spacial score (nSPS) is 21.6. The zero-order valence-corrected chi connectivity index (χ0v) is 23.7. The summed E-state index contributed by atoms with van der Waals surface area (Å²) in [6.45, 7) is 7.27. The lowest BCUT2D eigenvalue weighted by atomic mass is 9.88. The summed E-state index contributed by atoms with van der Waals surface area (Å²) in [6.07, 6.45) is 1.12. The van der Waals surface area contributed by atoms with Crippen LogP contribution in [0.3, 0.4) is 0 Å². The number of aliphatic carboxylic acids is 1. The predicted molar refractivity (Wildman–Crippen MR) is 152 cm³/mol. The molecule has 2 aromatic carbocycles. The van der Waals surface area contributed by atoms with Crippen LogP contribution >= 0.6 is 0 Å². The molecular weight excluding hydrogens is 529 g/mol. The summed E-state index contributed by atoms with van der Waals surface area (Å²) in [7, 11) is 0. The van der Waals surface area contributed by atoms with Crippen molar-refractivity contribution < 1.29 is 23.1 Å². The van der Waals surface area contributed by atoms with Gasteiger partial charge in [-0.3, -0.25) is 9.69 Å². The first-order valence-corrected chi connectivity index (χ1v) is 14.5. The van der Waals surface area contributed by atoms with Crippen LogP contribution in [0.1, 0.15) is 67.7 Å². The molecule has 0 spiro atoms. The minimum Gasteiger partial charge on any atom is -0.480 e. The Morgan fingerprint density at radius 2 is 1.78 bits per heavy atom. The molecule has 0 aliphatic carbocycles. The average Bonchev–Trinajstić information content (AvgIpc) is 3.54. The van der Waals surface area contributed by atoms with Gasteiger partial charge in [0.2, 0.25) is 0 Å². The van der Waals surface area contributed by atoms with Gasteiger partial charge >= 0.3 is 5.97 Å². The molecule has 6 nitrogen and oxygen atoms in total. The first kappa shape index (κ1) is 29.3. The highest BCUT2D eigenvalue weighted by molar-refractivity contribution is 5.73. The third-order valence-corrected chi connectivity index (χ3v) is 8.70. The monoisotopic (exact) mass is 568 g/mol. The van der Waals surface area contributed by atoms with E-state index in [0.29, 0.717) is 25.2 Å². The van der Waals surface area contributed by atoms with Crippen molar-refractivity contribution in [2.45, 2.75) is 57.5 Å². The van der Waals surface area contributed by atoms with Crippen molar-refractivity contribution in [1.82, 2.24) is 19.4 Å². The van der Waals surface area contributed by atoms with Crippen LogP contribution in [0.25, 0.3) is 0 Å². The van der Waals surface area contributed by atoms with E-state index in [1.54, 1.807) is 22.9 Å². The fraction of sp³-hybridized carbons (Fsp3) is 0.500. The van der Waals surface area contributed by atoms with Gasteiger partial charge in [-0.25, -0.2) is 18.2 Å². The molecule has 41 heavy (non-hydrogen) atoms. The number of rotatable bonds is 10. The van der Waals surface area contributed by atoms with Crippen LogP contribution in [0.15, 0.2) is 60.8 Å². The van der Waals surface area contributed by atoms with Gasteiger partial charge in [0, 0.05) is 57.3 Å². The lowest BCUT2D eigenvalue weighted by Crippen LogP contribution is -2.44. The number of nitrogens with zero attached hydrogens (tertiary/aromatic N) is 4. The second-order valence-electron chi connectivity index (χ2n) is 11.9. The summed E-state index contributed by atoms with van der Waals surface area (Å²) < 4.78 is 43.8. The maximum atomic E-state index is 14.2. The van der Waals surface area contributed by atoms with E-state index in [-0.39, 0.29) is 35.4 Å². The molecule has 2 saturated heterocycles. The van der Waals surface area contributed by atoms with E-state index in [1.807, 2.05) is 55.1 Å². The lowest BCUT2D eigenvalue weighted by Gasteiger charge is -2.35. The quantitative estimate of drug-likeness (QED) is 0.325. The Morgan fingerprint density at radius 3 is 2.41 bits per heavy atom. The Bertz CT molecular complexity index is 1310. The van der Waals surface area contributed by atoms with E-state index in [2.05, 4.69) is 9.88 Å². The highest BCUT2D eigenvalue weighted by atomic mass is 19.3. The number of imidazole rings is 1. The molecule has 0 radical (unpaired) electrons. The number of benzene rings is 2. The molecule has 9 heteroatoms. The largest absolute Gasteiger partial charge is 0.480 e. The number of aromatic nitrogens is 2. The molecule has 2 fully saturated rings. The summed E-state index contributed by atoms with van der Waals surface area (Å²) in [4.78, 5) is 20.8. The van der Waals surface area contributed by atoms with Crippen molar-refractivity contribution in [2.24, 2.45) is 11.8 Å². The molecule has 1 aromatic heterocycles. The van der Waals surface area contributed by atoms with Gasteiger partial charge in [0.15, 0.2) is 5.82 Å². The van der Waals surface area contributed by atoms with Crippen LogP contribution in [-0.2, 0) is 11.2 Å². The highest BCUT2D eigenvalue weighted by Gasteiger charge is 2.41. The van der Waals surface area contributed by atoms with Gasteiger partial charge in [-0.05, 0) is 47.9 Å². The van der Waals surface area contributed by atoms with E-state index in [0.717, 1.165) is 43.6 Å². The summed E-state index contributed by atoms with van der Waals surface area (Å²) in [5, 5.41) is 9.92. The Labute approximate surface area is 239 Å². The van der Waals surface area contributed by atoms with Crippen LogP contribution < -0.4 is 0 Å². The molecule has 0 saturated carbocycles. The average molecular weight is 569 g/mol. The number of carbonyl (C=O) groups is 1. The summed E-state index contributed by atoms with van der Waals surface area (Å²) in [5.74, 6) is -1.19. The second-order valence-corrected chi connectivity index (χ2v) is 11.9. The Hall–Kier alpha value is -3.17. The van der Waals surface area contributed by atoms with Gasteiger partial charge in [0.25, 0.3) is 6.43 Å². The van der Waals surface area contributed by atoms with Crippen LogP contribution in [0.5, 0.6) is 0 Å². The number of alkyl halides is 2. The number of carboxylic acid groups (broad SMARTS) is 1. The summed E-state index contributed by atoms with van der Waals surface area (Å²) in [6, 6.07) is 15.7. The smallest absolute Gasteiger partial charge is 0.321 e. The van der Waals surface area contributed by atoms with Gasteiger partial charge in [-0.1, -0.05) is 56.3 Å². The van der Waals surface area contributed by atoms with Crippen LogP contribution in [0.2, 0.25) is 0 Å². The molecule has 3 aromatic rings. The molecule has 2 aliphatic heterocycles. The first-order valence-electron chi connectivity index (χ1n) is 14.5. The van der Waals surface area contributed by atoms with E-state index in [4.69, 9.17) is 0 Å². The molecule has 3 heterocycles. The lowest BCUT2D eigenvalue weighted by molar-refractivity contribution is -0.144. The van der Waals surface area contributed by atoms with Gasteiger partial charge < -0.3 is 14.6 Å². The van der Waals surface area contributed by atoms with Crippen LogP contribution in [0.4, 0.5) is 13.2 Å². The minimum absolute atomic E-state index is 0.0173. The molecule has 3 unspecified atom stereocenters. The van der Waals surface area contributed by atoms with E-state index >= 15 is 0 Å². The maximum absolute atomic E-state index is 14.2. The van der Waals surface area contributed by atoms with E-state index in [1.165, 1.54) is 6.07 Å². The molecule has 3 atom stereocenters. The molecule has 220 valence electrons. The maximum Gasteiger partial charge on any atom is 0.321 e. The highest BCUT2D eigenvalue weighted by Crippen LogP contribution is 2.37. The molecule has 2 aliphatic rings. The number of likely N-dealkylation sites (tertiary alicyclic amines) is 2. The Morgan fingerprint density at radius 1 is 1.05 bits per heavy atom. The third kappa shape index (κ3) is 6.84. The Balaban J connectivity index is 1.27. The number of carboxylic acids is 1. The van der Waals surface area contributed by atoms with Crippen LogP contribution in [0, 0.1) is 17.7 Å². The van der Waals surface area contributed by atoms with Crippen molar-refractivity contribution >= 4 is 5.97 Å². The molecule has 5 rings (SSSR count). The fourth-order valence-corrected chi connectivity index (χ4v) is 6.81. The molecular formula is C32H39F3N4O2. The number of hydrogen-bond donors (Lipinski definition) is 1. The second kappa shape index (κ2) is 12.8.